The molecule has 1 aliphatic heterocycles. The van der Waals surface area contributed by atoms with Crippen LogP contribution in [0.5, 0.6) is 11.5 Å². The molecular formula is C16H20N2O2SSe. The molecule has 118 valence electrons. The molecule has 3 rings (SSSR count). The second-order valence-electron chi connectivity index (χ2n) is 6.27. The first-order valence-electron chi connectivity index (χ1n) is 7.29. The Morgan fingerprint density at radius 3 is 2.82 bits per heavy atom. The second kappa shape index (κ2) is 5.91. The average Bonchev–Trinajstić information content (AvgIpc) is 2.94. The molecule has 1 aliphatic rings. The number of hydrogen-bond donors (Lipinski definition) is 0. The van der Waals surface area contributed by atoms with Gasteiger partial charge in [-0.05, 0) is 0 Å². The molecular weight excluding hydrogens is 363 g/mol. The fourth-order valence-electron chi connectivity index (χ4n) is 2.42. The monoisotopic (exact) mass is 384 g/mol. The summed E-state index contributed by atoms with van der Waals surface area (Å²) >= 11 is 1.84. The van der Waals surface area contributed by atoms with Gasteiger partial charge in [0.15, 0.2) is 0 Å². The normalized spacial score (nSPS) is 15.2. The number of hydrogen-bond acceptors (Lipinski definition) is 5. The van der Waals surface area contributed by atoms with Crippen LogP contribution in [0.25, 0.3) is 11.3 Å². The van der Waals surface area contributed by atoms with E-state index in [1.54, 1.807) is 18.9 Å². The zero-order chi connectivity index (χ0) is 15.9. The van der Waals surface area contributed by atoms with E-state index in [1.165, 1.54) is 4.44 Å². The number of rotatable bonds is 4. The summed E-state index contributed by atoms with van der Waals surface area (Å²) in [6.07, 6.45) is 0. The summed E-state index contributed by atoms with van der Waals surface area (Å²) in [5, 5.41) is 4.36. The maximum atomic E-state index is 6.25. The Labute approximate surface area is 141 Å². The van der Waals surface area contributed by atoms with E-state index in [9.17, 15) is 0 Å². The third-order valence-electron chi connectivity index (χ3n) is 3.49. The van der Waals surface area contributed by atoms with Gasteiger partial charge in [-0.3, -0.25) is 0 Å². The molecule has 0 fully saturated rings. The minimum absolute atomic E-state index is 0.0365. The molecule has 0 radical (unpaired) electrons. The van der Waals surface area contributed by atoms with Gasteiger partial charge in [-0.2, -0.15) is 0 Å². The van der Waals surface area contributed by atoms with E-state index in [-0.39, 0.29) is 20.3 Å². The molecule has 2 heterocycles. The molecule has 0 unspecified atom stereocenters. The van der Waals surface area contributed by atoms with Crippen molar-refractivity contribution in [3.63, 3.8) is 0 Å². The molecule has 1 aromatic carbocycles. The quantitative estimate of drug-likeness (QED) is 0.597. The summed E-state index contributed by atoms with van der Waals surface area (Å²) in [5.41, 5.74) is 1.65. The van der Waals surface area contributed by atoms with Crippen LogP contribution in [0.1, 0.15) is 32.1 Å². The molecule has 0 amide bonds. The second-order valence-corrected chi connectivity index (χ2v) is 8.91. The van der Waals surface area contributed by atoms with Crippen LogP contribution in [0.4, 0.5) is 0 Å². The summed E-state index contributed by atoms with van der Waals surface area (Å²) in [6, 6.07) is 4.14. The number of methoxy groups -OCH3 is 1. The van der Waals surface area contributed by atoms with Gasteiger partial charge in [0.2, 0.25) is 0 Å². The molecule has 2 aromatic rings. The molecule has 0 bridgehead atoms. The van der Waals surface area contributed by atoms with E-state index in [0.717, 1.165) is 33.4 Å². The summed E-state index contributed by atoms with van der Waals surface area (Å²) < 4.78 is 17.3. The van der Waals surface area contributed by atoms with E-state index < -0.39 is 0 Å². The number of fused-ring (bicyclic) bond motifs is 3. The SMILES string of the molecule is COc1cc2c(cc1SCC(C)C)OC(C)(C)c1[se]nnc1-2. The van der Waals surface area contributed by atoms with Gasteiger partial charge < -0.3 is 0 Å². The predicted octanol–water partition coefficient (Wildman–Crippen LogP) is 3.58. The Bertz CT molecular complexity index is 697. The molecule has 0 atom stereocenters. The van der Waals surface area contributed by atoms with Gasteiger partial charge in [0.05, 0.1) is 0 Å². The van der Waals surface area contributed by atoms with Gasteiger partial charge in [-0.25, -0.2) is 0 Å². The Morgan fingerprint density at radius 2 is 2.14 bits per heavy atom. The number of ether oxygens (including phenoxy) is 2. The number of benzene rings is 1. The van der Waals surface area contributed by atoms with Crippen LogP contribution in [-0.4, -0.2) is 36.8 Å². The molecule has 0 N–H and O–H groups in total. The van der Waals surface area contributed by atoms with Crippen molar-refractivity contribution in [3.05, 3.63) is 16.6 Å². The van der Waals surface area contributed by atoms with Crippen LogP contribution in [0.15, 0.2) is 17.0 Å². The van der Waals surface area contributed by atoms with E-state index >= 15 is 0 Å². The molecule has 0 saturated heterocycles. The molecule has 4 nitrogen and oxygen atoms in total. The minimum atomic E-state index is -0.333. The fourth-order valence-corrected chi connectivity index (χ4v) is 4.89. The first-order chi connectivity index (χ1) is 10.4. The third kappa shape index (κ3) is 2.80. The molecule has 6 heteroatoms. The Morgan fingerprint density at radius 1 is 1.36 bits per heavy atom. The zero-order valence-electron chi connectivity index (χ0n) is 13.5. The Hall–Kier alpha value is -0.971. The number of thioether (sulfide) groups is 1. The van der Waals surface area contributed by atoms with Crippen LogP contribution in [-0.2, 0) is 5.60 Å². The van der Waals surface area contributed by atoms with Crippen LogP contribution in [0.3, 0.4) is 0 Å². The van der Waals surface area contributed by atoms with Crippen molar-refractivity contribution in [1.82, 2.24) is 9.19 Å². The van der Waals surface area contributed by atoms with E-state index in [0.29, 0.717) is 5.92 Å². The van der Waals surface area contributed by atoms with Gasteiger partial charge in [0.1, 0.15) is 0 Å². The van der Waals surface area contributed by atoms with Gasteiger partial charge in [-0.1, -0.05) is 0 Å². The van der Waals surface area contributed by atoms with E-state index in [2.05, 4.69) is 43.0 Å². The third-order valence-corrected chi connectivity index (χ3v) is 7.12. The summed E-state index contributed by atoms with van der Waals surface area (Å²) in [7, 11) is 1.71. The van der Waals surface area contributed by atoms with Crippen LogP contribution in [0.2, 0.25) is 0 Å². The van der Waals surface area contributed by atoms with Crippen molar-refractivity contribution < 1.29 is 9.47 Å². The van der Waals surface area contributed by atoms with Gasteiger partial charge in [0.25, 0.3) is 0 Å². The first-order valence-corrected chi connectivity index (χ1v) is 9.90. The van der Waals surface area contributed by atoms with Crippen molar-refractivity contribution in [3.8, 4) is 22.8 Å². The van der Waals surface area contributed by atoms with Gasteiger partial charge >= 0.3 is 141 Å². The Kier molecular flexibility index (Phi) is 4.27. The summed E-state index contributed by atoms with van der Waals surface area (Å²) in [4.78, 5) is 1.12. The summed E-state index contributed by atoms with van der Waals surface area (Å²) in [6.45, 7) is 8.62. The average molecular weight is 383 g/mol. The topological polar surface area (TPSA) is 44.2 Å². The van der Waals surface area contributed by atoms with Crippen LogP contribution >= 0.6 is 11.8 Å². The first kappa shape index (κ1) is 15.9. The van der Waals surface area contributed by atoms with E-state index in [1.807, 2.05) is 6.07 Å². The summed E-state index contributed by atoms with van der Waals surface area (Å²) in [5.74, 6) is 3.44. The number of aromatic nitrogens is 2. The van der Waals surface area contributed by atoms with Crippen molar-refractivity contribution >= 4 is 26.5 Å². The van der Waals surface area contributed by atoms with Crippen molar-refractivity contribution in [1.29, 1.82) is 0 Å². The maximum absolute atomic E-state index is 6.25. The Balaban J connectivity index is 2.07. The predicted molar refractivity (Wildman–Crippen MR) is 90.2 cm³/mol. The molecule has 0 aliphatic carbocycles. The van der Waals surface area contributed by atoms with Gasteiger partial charge in [0, 0.05) is 0 Å². The van der Waals surface area contributed by atoms with Crippen molar-refractivity contribution in [2.45, 2.75) is 38.2 Å². The van der Waals surface area contributed by atoms with E-state index in [4.69, 9.17) is 9.47 Å². The number of nitrogens with zero attached hydrogens (tertiary/aromatic N) is 2. The molecule has 0 spiro atoms. The van der Waals surface area contributed by atoms with Crippen molar-refractivity contribution in [2.24, 2.45) is 5.92 Å². The standard InChI is InChI=1S/C16H20N2O2SSe/c1-9(2)8-21-13-7-11-10(6-12(13)19-5)14-15(22-18-17-14)16(3,4)20-11/h6-7,9H,8H2,1-5H3. The van der Waals surface area contributed by atoms with Crippen LogP contribution < -0.4 is 9.47 Å². The molecule has 0 saturated carbocycles. The van der Waals surface area contributed by atoms with Gasteiger partial charge in [-0.15, -0.1) is 0 Å². The van der Waals surface area contributed by atoms with Crippen LogP contribution in [0, 0.1) is 5.92 Å². The molecule has 1 aromatic heterocycles. The van der Waals surface area contributed by atoms with Crippen molar-refractivity contribution in [2.75, 3.05) is 12.9 Å². The molecule has 22 heavy (non-hydrogen) atoms. The fraction of sp³-hybridized carbons (Fsp3) is 0.500. The zero-order valence-corrected chi connectivity index (χ0v) is 16.0.